The molecule has 0 saturated heterocycles. The first-order valence-corrected chi connectivity index (χ1v) is 7.91. The summed E-state index contributed by atoms with van der Waals surface area (Å²) in [6.07, 6.45) is 8.75. The lowest BCUT2D eigenvalue weighted by molar-refractivity contribution is 0.658. The fraction of sp³-hybridized carbons (Fsp3) is 0. The van der Waals surface area contributed by atoms with Crippen LogP contribution in [0.25, 0.3) is 17.1 Å². The van der Waals surface area contributed by atoms with Crippen molar-refractivity contribution in [2.24, 2.45) is 0 Å². The molecule has 0 atom stereocenters. The van der Waals surface area contributed by atoms with Crippen LogP contribution >= 0.6 is 0 Å². The van der Waals surface area contributed by atoms with Gasteiger partial charge < -0.3 is 0 Å². The van der Waals surface area contributed by atoms with E-state index in [1.165, 1.54) is 73.6 Å². The predicted octanol–water partition coefficient (Wildman–Crippen LogP) is 0.324. The Morgan fingerprint density at radius 2 is 0.667 bits per heavy atom. The zero-order chi connectivity index (χ0) is 18.8. The Bertz CT molecular complexity index is 1070. The van der Waals surface area contributed by atoms with Crippen molar-refractivity contribution in [1.29, 1.82) is 0 Å². The lowest BCUT2D eigenvalue weighted by Gasteiger charge is -2.13. The predicted molar refractivity (Wildman–Crippen MR) is 96.6 cm³/mol. The molecular weight excluding hydrogens is 348 g/mol. The first-order chi connectivity index (χ1) is 13.2. The van der Waals surface area contributed by atoms with Crippen molar-refractivity contribution < 1.29 is 0 Å². The molecule has 27 heavy (non-hydrogen) atoms. The minimum atomic E-state index is -0.785. The van der Waals surface area contributed by atoms with E-state index in [9.17, 15) is 14.4 Å². The molecule has 132 valence electrons. The average molecular weight is 360 g/mol. The van der Waals surface area contributed by atoms with Crippen LogP contribution in [0.15, 0.2) is 88.0 Å². The van der Waals surface area contributed by atoms with Crippen molar-refractivity contribution in [1.82, 2.24) is 28.7 Å². The smallest absolute Gasteiger partial charge is 0.265 e. The summed E-state index contributed by atoms with van der Waals surface area (Å²) in [6, 6.07) is 9.09. The van der Waals surface area contributed by atoms with Gasteiger partial charge in [-0.15, -0.1) is 0 Å². The Kier molecular flexibility index (Phi) is 4.01. The monoisotopic (exact) mass is 360 g/mol. The Labute approximate surface area is 151 Å². The van der Waals surface area contributed by atoms with Crippen molar-refractivity contribution in [3.8, 4) is 17.1 Å². The van der Waals surface area contributed by atoms with Gasteiger partial charge in [-0.05, 0) is 36.4 Å². The van der Waals surface area contributed by atoms with E-state index < -0.39 is 17.1 Å². The second kappa shape index (κ2) is 6.64. The highest BCUT2D eigenvalue weighted by molar-refractivity contribution is 5.35. The normalized spacial score (nSPS) is 10.7. The molecule has 0 bridgehead atoms. The number of hydrogen-bond acceptors (Lipinski definition) is 6. The van der Waals surface area contributed by atoms with E-state index in [1.54, 1.807) is 0 Å². The highest BCUT2D eigenvalue weighted by atomic mass is 16.2. The highest BCUT2D eigenvalue weighted by Gasteiger charge is 2.19. The van der Waals surface area contributed by atoms with Crippen LogP contribution in [0.4, 0.5) is 0 Å². The number of aromatic nitrogens is 6. The molecular formula is C18H12N6O3. The van der Waals surface area contributed by atoms with Crippen LogP contribution in [0.5, 0.6) is 0 Å². The van der Waals surface area contributed by atoms with Gasteiger partial charge in [0.05, 0.1) is 17.1 Å². The van der Waals surface area contributed by atoms with Crippen molar-refractivity contribution in [3.63, 3.8) is 0 Å². The summed E-state index contributed by atoms with van der Waals surface area (Å²) in [6.45, 7) is 0. The number of rotatable bonds is 3. The largest absolute Gasteiger partial charge is 0.345 e. The lowest BCUT2D eigenvalue weighted by Crippen LogP contribution is -2.52. The maximum Gasteiger partial charge on any atom is 0.345 e. The standard InChI is InChI=1S/C18H12N6O3/c25-16-22(13-1-7-19-8-2-13)17(26)24(15-5-11-21-12-6-15)18(27)23(16)14-3-9-20-10-4-14/h1-12H. The Morgan fingerprint density at radius 3 is 0.889 bits per heavy atom. The van der Waals surface area contributed by atoms with Gasteiger partial charge in [0, 0.05) is 37.2 Å². The SMILES string of the molecule is O=c1n(-c2ccncc2)c(=O)n(-c2ccncc2)c(=O)n1-c1ccncc1. The topological polar surface area (TPSA) is 105 Å². The van der Waals surface area contributed by atoms with Crippen molar-refractivity contribution in [2.45, 2.75) is 0 Å². The quantitative estimate of drug-likeness (QED) is 0.521. The molecule has 9 nitrogen and oxygen atoms in total. The van der Waals surface area contributed by atoms with Crippen LogP contribution in [0, 0.1) is 0 Å². The molecule has 4 heterocycles. The van der Waals surface area contributed by atoms with E-state index in [2.05, 4.69) is 15.0 Å². The van der Waals surface area contributed by atoms with Gasteiger partial charge in [-0.2, -0.15) is 0 Å². The summed E-state index contributed by atoms with van der Waals surface area (Å²) in [7, 11) is 0. The van der Waals surface area contributed by atoms with Crippen LogP contribution < -0.4 is 17.1 Å². The molecule has 4 aromatic heterocycles. The molecule has 0 aliphatic heterocycles. The lowest BCUT2D eigenvalue weighted by atomic mass is 10.3. The molecule has 0 aliphatic rings. The zero-order valence-corrected chi connectivity index (χ0v) is 13.8. The third-order valence-corrected chi connectivity index (χ3v) is 3.91. The molecule has 0 amide bonds. The van der Waals surface area contributed by atoms with Gasteiger partial charge in [-0.25, -0.2) is 28.1 Å². The Morgan fingerprint density at radius 1 is 0.444 bits per heavy atom. The fourth-order valence-corrected chi connectivity index (χ4v) is 2.69. The maximum atomic E-state index is 13.1. The van der Waals surface area contributed by atoms with Crippen molar-refractivity contribution in [3.05, 3.63) is 105 Å². The maximum absolute atomic E-state index is 13.1. The van der Waals surface area contributed by atoms with E-state index in [0.717, 1.165) is 13.7 Å². The van der Waals surface area contributed by atoms with Gasteiger partial charge >= 0.3 is 17.1 Å². The van der Waals surface area contributed by atoms with E-state index in [4.69, 9.17) is 0 Å². The highest BCUT2D eigenvalue weighted by Crippen LogP contribution is 2.04. The number of pyridine rings is 3. The van der Waals surface area contributed by atoms with Gasteiger partial charge in [0.1, 0.15) is 0 Å². The van der Waals surface area contributed by atoms with Crippen molar-refractivity contribution >= 4 is 0 Å². The molecule has 0 saturated carbocycles. The minimum Gasteiger partial charge on any atom is -0.265 e. The molecule has 0 unspecified atom stereocenters. The van der Waals surface area contributed by atoms with Crippen LogP contribution in [0.1, 0.15) is 0 Å². The summed E-state index contributed by atoms with van der Waals surface area (Å²) in [5.41, 5.74) is -1.46. The van der Waals surface area contributed by atoms with E-state index >= 15 is 0 Å². The molecule has 0 radical (unpaired) electrons. The molecule has 4 aromatic rings. The summed E-state index contributed by atoms with van der Waals surface area (Å²) in [4.78, 5) is 50.9. The Hall–Kier alpha value is -4.14. The van der Waals surface area contributed by atoms with Gasteiger partial charge in [-0.1, -0.05) is 0 Å². The van der Waals surface area contributed by atoms with Gasteiger partial charge in [0.15, 0.2) is 0 Å². The van der Waals surface area contributed by atoms with Crippen LogP contribution in [-0.4, -0.2) is 28.7 Å². The fourth-order valence-electron chi connectivity index (χ4n) is 2.69. The molecule has 0 N–H and O–H groups in total. The summed E-state index contributed by atoms with van der Waals surface area (Å²) >= 11 is 0. The van der Waals surface area contributed by atoms with Gasteiger partial charge in [0.2, 0.25) is 0 Å². The molecule has 0 aromatic carbocycles. The molecule has 9 heteroatoms. The van der Waals surface area contributed by atoms with Crippen molar-refractivity contribution in [2.75, 3.05) is 0 Å². The number of nitrogens with zero attached hydrogens (tertiary/aromatic N) is 6. The third-order valence-electron chi connectivity index (χ3n) is 3.91. The van der Waals surface area contributed by atoms with E-state index in [-0.39, 0.29) is 0 Å². The minimum absolute atomic E-state index is 0.297. The summed E-state index contributed by atoms with van der Waals surface area (Å²) in [5.74, 6) is 0. The van der Waals surface area contributed by atoms with Crippen LogP contribution in [0.2, 0.25) is 0 Å². The summed E-state index contributed by atoms with van der Waals surface area (Å²) in [5, 5.41) is 0. The third kappa shape index (κ3) is 2.76. The van der Waals surface area contributed by atoms with Crippen LogP contribution in [0.3, 0.4) is 0 Å². The molecule has 0 spiro atoms. The molecule has 0 fully saturated rings. The Balaban J connectivity index is 2.18. The summed E-state index contributed by atoms with van der Waals surface area (Å²) < 4.78 is 2.76. The van der Waals surface area contributed by atoms with E-state index in [1.807, 2.05) is 0 Å². The number of hydrogen-bond donors (Lipinski definition) is 0. The first kappa shape index (κ1) is 16.3. The zero-order valence-electron chi connectivity index (χ0n) is 13.8. The molecule has 0 aliphatic carbocycles. The first-order valence-electron chi connectivity index (χ1n) is 7.91. The van der Waals surface area contributed by atoms with Crippen LogP contribution in [-0.2, 0) is 0 Å². The van der Waals surface area contributed by atoms with Gasteiger partial charge in [0.25, 0.3) is 0 Å². The van der Waals surface area contributed by atoms with E-state index in [0.29, 0.717) is 17.1 Å². The molecule has 4 rings (SSSR count). The van der Waals surface area contributed by atoms with Gasteiger partial charge in [-0.3, -0.25) is 15.0 Å². The average Bonchev–Trinajstić information content (AvgIpc) is 2.70. The second-order valence-electron chi connectivity index (χ2n) is 5.47. The second-order valence-corrected chi connectivity index (χ2v) is 5.47.